The third kappa shape index (κ3) is 3.02. The number of nitrogens with zero attached hydrogens (tertiary/aromatic N) is 1. The molecule has 1 aliphatic carbocycles. The maximum atomic E-state index is 12.4. The van der Waals surface area contributed by atoms with Crippen LogP contribution in [0.2, 0.25) is 0 Å². The predicted octanol–water partition coefficient (Wildman–Crippen LogP) is 1.85. The van der Waals surface area contributed by atoms with Crippen molar-refractivity contribution < 1.29 is 4.74 Å². The van der Waals surface area contributed by atoms with Gasteiger partial charge in [-0.05, 0) is 30.7 Å². The van der Waals surface area contributed by atoms with Gasteiger partial charge in [0.2, 0.25) is 0 Å². The quantitative estimate of drug-likeness (QED) is 0.827. The van der Waals surface area contributed by atoms with E-state index in [0.29, 0.717) is 24.9 Å². The van der Waals surface area contributed by atoms with Crippen molar-refractivity contribution in [1.29, 1.82) is 0 Å². The Kier molecular flexibility index (Phi) is 4.37. The predicted molar refractivity (Wildman–Crippen MR) is 85.0 cm³/mol. The highest BCUT2D eigenvalue weighted by molar-refractivity contribution is 7.18. The van der Waals surface area contributed by atoms with Crippen LogP contribution in [0, 0.1) is 5.92 Å². The molecule has 2 aromatic heterocycles. The van der Waals surface area contributed by atoms with E-state index in [1.165, 1.54) is 16.9 Å². The fraction of sp³-hybridized carbons (Fsp3) is 0.600. The number of aromatic amines is 1. The van der Waals surface area contributed by atoms with Crippen LogP contribution in [0.25, 0.3) is 10.2 Å². The summed E-state index contributed by atoms with van der Waals surface area (Å²) >= 11 is 1.69. The van der Waals surface area contributed by atoms with Gasteiger partial charge in [0.1, 0.15) is 10.7 Å². The molecule has 2 N–H and O–H groups in total. The fourth-order valence-corrected chi connectivity index (χ4v) is 4.26. The Morgan fingerprint density at radius 1 is 1.52 bits per heavy atom. The molecule has 0 fully saturated rings. The molecule has 0 saturated carbocycles. The van der Waals surface area contributed by atoms with Gasteiger partial charge in [0, 0.05) is 18.5 Å². The fourth-order valence-electron chi connectivity index (χ4n) is 2.86. The molecule has 2 aromatic rings. The van der Waals surface area contributed by atoms with Gasteiger partial charge in [-0.3, -0.25) is 4.79 Å². The van der Waals surface area contributed by atoms with E-state index in [1.54, 1.807) is 18.4 Å². The molecule has 1 unspecified atom stereocenters. The summed E-state index contributed by atoms with van der Waals surface area (Å²) in [5.74, 6) is 1.41. The van der Waals surface area contributed by atoms with Gasteiger partial charge < -0.3 is 15.0 Å². The summed E-state index contributed by atoms with van der Waals surface area (Å²) in [5.41, 5.74) is 1.25. The highest BCUT2D eigenvalue weighted by atomic mass is 32.1. The first kappa shape index (κ1) is 14.7. The number of methoxy groups -OCH3 is 1. The molecule has 6 heteroatoms. The van der Waals surface area contributed by atoms with Crippen LogP contribution in [-0.2, 0) is 24.1 Å². The molecule has 0 bridgehead atoms. The molecule has 114 valence electrons. The molecule has 0 spiro atoms. The Labute approximate surface area is 127 Å². The van der Waals surface area contributed by atoms with Crippen molar-refractivity contribution in [3.8, 4) is 0 Å². The lowest BCUT2D eigenvalue weighted by Gasteiger charge is -2.17. The first-order valence-corrected chi connectivity index (χ1v) is 8.23. The van der Waals surface area contributed by atoms with Gasteiger partial charge in [-0.25, -0.2) is 4.98 Å². The van der Waals surface area contributed by atoms with E-state index in [2.05, 4.69) is 22.2 Å². The van der Waals surface area contributed by atoms with Crippen LogP contribution in [0.3, 0.4) is 0 Å². The molecule has 21 heavy (non-hydrogen) atoms. The van der Waals surface area contributed by atoms with E-state index in [9.17, 15) is 4.79 Å². The van der Waals surface area contributed by atoms with Crippen molar-refractivity contribution in [2.24, 2.45) is 5.92 Å². The zero-order valence-electron chi connectivity index (χ0n) is 12.5. The van der Waals surface area contributed by atoms with Gasteiger partial charge in [0.25, 0.3) is 5.56 Å². The van der Waals surface area contributed by atoms with Gasteiger partial charge in [-0.15, -0.1) is 11.3 Å². The maximum absolute atomic E-state index is 12.4. The average Bonchev–Trinajstić information content (AvgIpc) is 2.81. The molecule has 1 aliphatic rings. The lowest BCUT2D eigenvalue weighted by atomic mass is 9.89. The summed E-state index contributed by atoms with van der Waals surface area (Å²) in [6.07, 6.45) is 3.25. The Morgan fingerprint density at radius 3 is 3.19 bits per heavy atom. The summed E-state index contributed by atoms with van der Waals surface area (Å²) in [6, 6.07) is 0. The van der Waals surface area contributed by atoms with Crippen LogP contribution in [0.5, 0.6) is 0 Å². The number of aryl methyl sites for hydroxylation is 1. The Morgan fingerprint density at radius 2 is 2.38 bits per heavy atom. The highest BCUT2D eigenvalue weighted by Gasteiger charge is 2.22. The molecule has 5 nitrogen and oxygen atoms in total. The van der Waals surface area contributed by atoms with E-state index < -0.39 is 0 Å². The molecular formula is C15H21N3O2S. The van der Waals surface area contributed by atoms with Crippen LogP contribution in [0.1, 0.15) is 29.6 Å². The number of thiophene rings is 1. The lowest BCUT2D eigenvalue weighted by molar-refractivity contribution is 0.199. The monoisotopic (exact) mass is 307 g/mol. The van der Waals surface area contributed by atoms with Crippen LogP contribution >= 0.6 is 11.3 Å². The highest BCUT2D eigenvalue weighted by Crippen LogP contribution is 2.35. The third-order valence-corrected chi connectivity index (χ3v) is 5.14. The zero-order valence-corrected chi connectivity index (χ0v) is 13.3. The molecule has 0 amide bonds. The van der Waals surface area contributed by atoms with Crippen molar-refractivity contribution in [1.82, 2.24) is 15.3 Å². The molecule has 0 saturated heterocycles. The smallest absolute Gasteiger partial charge is 0.259 e. The van der Waals surface area contributed by atoms with Crippen molar-refractivity contribution in [2.75, 3.05) is 20.3 Å². The number of hydrogen-bond donors (Lipinski definition) is 2. The number of ether oxygens (including phenoxy) is 1. The molecule has 0 radical (unpaired) electrons. The zero-order chi connectivity index (χ0) is 14.8. The minimum Gasteiger partial charge on any atom is -0.383 e. The first-order valence-electron chi connectivity index (χ1n) is 7.42. The topological polar surface area (TPSA) is 67.0 Å². The largest absolute Gasteiger partial charge is 0.383 e. The van der Waals surface area contributed by atoms with Crippen LogP contribution < -0.4 is 10.9 Å². The SMILES string of the molecule is COCCNCc1nc2sc3c(c2c(=O)[nH]1)CCC(C)C3. The van der Waals surface area contributed by atoms with Crippen molar-refractivity contribution in [2.45, 2.75) is 32.7 Å². The van der Waals surface area contributed by atoms with Gasteiger partial charge in [-0.1, -0.05) is 6.92 Å². The van der Waals surface area contributed by atoms with E-state index in [-0.39, 0.29) is 5.56 Å². The summed E-state index contributed by atoms with van der Waals surface area (Å²) in [7, 11) is 1.67. The molecule has 2 heterocycles. The molecular weight excluding hydrogens is 286 g/mol. The third-order valence-electron chi connectivity index (χ3n) is 3.99. The summed E-state index contributed by atoms with van der Waals surface area (Å²) < 4.78 is 4.99. The van der Waals surface area contributed by atoms with Crippen molar-refractivity contribution in [3.63, 3.8) is 0 Å². The van der Waals surface area contributed by atoms with Gasteiger partial charge in [0.05, 0.1) is 18.5 Å². The standard InChI is InChI=1S/C15H21N3O2S/c1-9-3-4-10-11(7-9)21-15-13(10)14(19)17-12(18-15)8-16-5-6-20-2/h9,16H,3-8H2,1-2H3,(H,17,18,19). The second kappa shape index (κ2) is 6.25. The van der Waals surface area contributed by atoms with Crippen LogP contribution in [0.4, 0.5) is 0 Å². The Hall–Kier alpha value is -1.24. The number of nitrogens with one attached hydrogen (secondary N) is 2. The summed E-state index contributed by atoms with van der Waals surface area (Å²) in [5, 5.41) is 4.03. The first-order chi connectivity index (χ1) is 10.2. The number of H-pyrrole nitrogens is 1. The van der Waals surface area contributed by atoms with E-state index in [0.717, 1.165) is 29.6 Å². The number of hydrogen-bond acceptors (Lipinski definition) is 5. The van der Waals surface area contributed by atoms with Crippen LogP contribution in [-0.4, -0.2) is 30.2 Å². The van der Waals surface area contributed by atoms with Crippen molar-refractivity contribution >= 4 is 21.6 Å². The van der Waals surface area contributed by atoms with Gasteiger partial charge in [-0.2, -0.15) is 0 Å². The van der Waals surface area contributed by atoms with Gasteiger partial charge >= 0.3 is 0 Å². The minimum atomic E-state index is 0.00981. The molecule has 3 rings (SSSR count). The van der Waals surface area contributed by atoms with Crippen LogP contribution in [0.15, 0.2) is 4.79 Å². The molecule has 0 aromatic carbocycles. The summed E-state index contributed by atoms with van der Waals surface area (Å²) in [6.45, 7) is 4.23. The second-order valence-electron chi connectivity index (χ2n) is 5.71. The minimum absolute atomic E-state index is 0.00981. The maximum Gasteiger partial charge on any atom is 0.259 e. The normalized spacial score (nSPS) is 18.1. The molecule has 1 atom stereocenters. The molecule has 0 aliphatic heterocycles. The lowest BCUT2D eigenvalue weighted by Crippen LogP contribution is -2.22. The number of aromatic nitrogens is 2. The Balaban J connectivity index is 1.88. The van der Waals surface area contributed by atoms with E-state index in [1.807, 2.05) is 0 Å². The Bertz CT molecular complexity index is 692. The van der Waals surface area contributed by atoms with E-state index >= 15 is 0 Å². The number of rotatable bonds is 5. The average molecular weight is 307 g/mol. The van der Waals surface area contributed by atoms with E-state index in [4.69, 9.17) is 4.74 Å². The number of fused-ring (bicyclic) bond motifs is 3. The van der Waals surface area contributed by atoms with Gasteiger partial charge in [0.15, 0.2) is 0 Å². The summed E-state index contributed by atoms with van der Waals surface area (Å²) in [4.78, 5) is 22.1. The van der Waals surface area contributed by atoms with Crippen molar-refractivity contribution in [3.05, 3.63) is 26.6 Å². The second-order valence-corrected chi connectivity index (χ2v) is 6.80.